The van der Waals surface area contributed by atoms with E-state index in [0.29, 0.717) is 26.9 Å². The smallest absolute Gasteiger partial charge is 0.235 e. The number of aliphatic hydroxyl groups is 1. The van der Waals surface area contributed by atoms with Gasteiger partial charge in [-0.3, -0.25) is 9.59 Å². The fourth-order valence-corrected chi connectivity index (χ4v) is 4.03. The van der Waals surface area contributed by atoms with Crippen molar-refractivity contribution in [3.63, 3.8) is 0 Å². The summed E-state index contributed by atoms with van der Waals surface area (Å²) >= 11 is 12.5. The molecule has 0 spiro atoms. The second kappa shape index (κ2) is 7.98. The van der Waals surface area contributed by atoms with Gasteiger partial charge in [-0.05, 0) is 36.8 Å². The van der Waals surface area contributed by atoms with Crippen molar-refractivity contribution < 1.29 is 14.7 Å². The molecule has 0 aliphatic heterocycles. The van der Waals surface area contributed by atoms with Gasteiger partial charge < -0.3 is 10.4 Å². The number of carbonyl (C=O) groups is 2. The van der Waals surface area contributed by atoms with Crippen molar-refractivity contribution in [2.24, 2.45) is 0 Å². The summed E-state index contributed by atoms with van der Waals surface area (Å²) in [6.07, 6.45) is 0. The van der Waals surface area contributed by atoms with Crippen molar-refractivity contribution in [3.05, 3.63) is 105 Å². The molecule has 0 fully saturated rings. The molecule has 3 aromatic carbocycles. The molecular formula is C24H17Cl2NO3. The Kier molecular flexibility index (Phi) is 5.37. The highest BCUT2D eigenvalue weighted by Crippen LogP contribution is 2.39. The number of carbonyl (C=O) groups excluding carboxylic acids is 2. The van der Waals surface area contributed by atoms with Crippen molar-refractivity contribution in [2.75, 3.05) is 5.32 Å². The molecule has 6 heteroatoms. The van der Waals surface area contributed by atoms with Gasteiger partial charge in [-0.25, -0.2) is 0 Å². The number of rotatable bonds is 4. The van der Waals surface area contributed by atoms with Crippen molar-refractivity contribution >= 4 is 46.2 Å². The fourth-order valence-electron chi connectivity index (χ4n) is 3.51. The highest BCUT2D eigenvalue weighted by molar-refractivity contribution is 6.52. The zero-order valence-corrected chi connectivity index (χ0v) is 17.5. The first kappa shape index (κ1) is 20.2. The quantitative estimate of drug-likeness (QED) is 0.477. The zero-order chi connectivity index (χ0) is 21.4. The first-order valence-electron chi connectivity index (χ1n) is 9.26. The molecule has 4 rings (SSSR count). The number of hydrogen-bond acceptors (Lipinski definition) is 4. The normalized spacial score (nSPS) is 14.5. The van der Waals surface area contributed by atoms with Crippen molar-refractivity contribution in [2.45, 2.75) is 13.0 Å². The van der Waals surface area contributed by atoms with E-state index in [4.69, 9.17) is 23.2 Å². The lowest BCUT2D eigenvalue weighted by atomic mass is 9.83. The van der Waals surface area contributed by atoms with Crippen LogP contribution in [0.2, 0.25) is 10.0 Å². The average molecular weight is 438 g/mol. The highest BCUT2D eigenvalue weighted by Gasteiger charge is 2.38. The number of halogens is 2. The number of ketones is 2. The molecule has 4 nitrogen and oxygen atoms in total. The summed E-state index contributed by atoms with van der Waals surface area (Å²) in [6, 6.07) is 18.1. The number of aryl methyl sites for hydroxylation is 1. The van der Waals surface area contributed by atoms with Gasteiger partial charge in [0, 0.05) is 26.9 Å². The van der Waals surface area contributed by atoms with Gasteiger partial charge in [-0.2, -0.15) is 0 Å². The number of anilines is 1. The summed E-state index contributed by atoms with van der Waals surface area (Å²) in [6.45, 7) is 1.96. The Morgan fingerprint density at radius 1 is 0.867 bits per heavy atom. The van der Waals surface area contributed by atoms with E-state index in [1.165, 1.54) is 6.07 Å². The average Bonchev–Trinajstić information content (AvgIpc) is 2.73. The second-order valence-electron chi connectivity index (χ2n) is 7.08. The van der Waals surface area contributed by atoms with E-state index >= 15 is 0 Å². The first-order valence-corrected chi connectivity index (χ1v) is 10.0. The minimum Gasteiger partial charge on any atom is -0.507 e. The van der Waals surface area contributed by atoms with Crippen LogP contribution >= 0.6 is 23.2 Å². The fraction of sp³-hybridized carbons (Fsp3) is 0.0833. The van der Waals surface area contributed by atoms with Crippen LogP contribution in [-0.4, -0.2) is 16.7 Å². The van der Waals surface area contributed by atoms with Crippen LogP contribution in [0.5, 0.6) is 0 Å². The molecule has 0 saturated heterocycles. The summed E-state index contributed by atoms with van der Waals surface area (Å²) in [4.78, 5) is 25.8. The van der Waals surface area contributed by atoms with Crippen LogP contribution in [0.25, 0.3) is 5.76 Å². The predicted octanol–water partition coefficient (Wildman–Crippen LogP) is 6.19. The van der Waals surface area contributed by atoms with Gasteiger partial charge in [-0.15, -0.1) is 0 Å². The van der Waals surface area contributed by atoms with E-state index in [9.17, 15) is 14.7 Å². The molecule has 2 N–H and O–H groups in total. The molecule has 0 aromatic heterocycles. The Morgan fingerprint density at radius 3 is 2.20 bits per heavy atom. The third-order valence-electron chi connectivity index (χ3n) is 5.06. The number of Topliss-reactive ketones (excluding diaryl/α,β-unsaturated/α-hetero) is 2. The summed E-state index contributed by atoms with van der Waals surface area (Å²) in [5.74, 6) is -1.69. The lowest BCUT2D eigenvalue weighted by Crippen LogP contribution is -2.30. The molecule has 0 amide bonds. The van der Waals surface area contributed by atoms with Gasteiger partial charge in [0.2, 0.25) is 11.6 Å². The first-order chi connectivity index (χ1) is 14.4. The number of fused-ring (bicyclic) bond motifs is 1. The highest BCUT2D eigenvalue weighted by atomic mass is 35.5. The van der Waals surface area contributed by atoms with Crippen LogP contribution < -0.4 is 5.32 Å². The van der Waals surface area contributed by atoms with E-state index in [0.717, 1.165) is 5.56 Å². The van der Waals surface area contributed by atoms with Gasteiger partial charge in [-0.1, -0.05) is 71.2 Å². The summed E-state index contributed by atoms with van der Waals surface area (Å²) < 4.78 is 0. The molecule has 150 valence electrons. The number of hydrogen-bond donors (Lipinski definition) is 2. The molecule has 0 radical (unpaired) electrons. The van der Waals surface area contributed by atoms with E-state index in [1.807, 2.05) is 31.2 Å². The molecule has 0 saturated carbocycles. The molecule has 1 aliphatic rings. The van der Waals surface area contributed by atoms with Crippen molar-refractivity contribution in [3.8, 4) is 0 Å². The third-order valence-corrected chi connectivity index (χ3v) is 5.62. The Morgan fingerprint density at radius 2 is 1.53 bits per heavy atom. The largest absolute Gasteiger partial charge is 0.507 e. The molecule has 1 aliphatic carbocycles. The van der Waals surface area contributed by atoms with E-state index < -0.39 is 17.6 Å². The lowest BCUT2D eigenvalue weighted by molar-refractivity contribution is -0.112. The van der Waals surface area contributed by atoms with Crippen molar-refractivity contribution in [1.29, 1.82) is 0 Å². The molecular weight excluding hydrogens is 421 g/mol. The van der Waals surface area contributed by atoms with Crippen LogP contribution in [-0.2, 0) is 4.79 Å². The van der Waals surface area contributed by atoms with E-state index in [1.54, 1.807) is 36.4 Å². The van der Waals surface area contributed by atoms with Crippen LogP contribution in [0.3, 0.4) is 0 Å². The maximum atomic E-state index is 13.1. The van der Waals surface area contributed by atoms with E-state index in [-0.39, 0.29) is 16.9 Å². The Bertz CT molecular complexity index is 1200. The second-order valence-corrected chi connectivity index (χ2v) is 7.92. The minimum atomic E-state index is -0.859. The van der Waals surface area contributed by atoms with Crippen molar-refractivity contribution in [1.82, 2.24) is 0 Å². The SMILES string of the molecule is Cc1ccc(NC(C2=C(O)c3ccccc3C(=O)C2=O)c2ccc(Cl)cc2Cl)cc1. The van der Waals surface area contributed by atoms with Crippen LogP contribution in [0.4, 0.5) is 5.69 Å². The Labute approximate surface area is 183 Å². The maximum Gasteiger partial charge on any atom is 0.235 e. The molecule has 0 bridgehead atoms. The van der Waals surface area contributed by atoms with Crippen LogP contribution in [0, 0.1) is 6.92 Å². The summed E-state index contributed by atoms with van der Waals surface area (Å²) in [7, 11) is 0. The number of benzene rings is 3. The van der Waals surface area contributed by atoms with Gasteiger partial charge in [0.15, 0.2) is 0 Å². The van der Waals surface area contributed by atoms with Gasteiger partial charge in [0.1, 0.15) is 5.76 Å². The third kappa shape index (κ3) is 3.60. The maximum absolute atomic E-state index is 13.1. The minimum absolute atomic E-state index is 0.0523. The van der Waals surface area contributed by atoms with E-state index in [2.05, 4.69) is 5.32 Å². The van der Waals surface area contributed by atoms with Crippen LogP contribution in [0.15, 0.2) is 72.3 Å². The summed E-state index contributed by atoms with van der Waals surface area (Å²) in [5, 5.41) is 15.0. The standard InChI is InChI=1S/C24H17Cl2NO3/c1-13-6-9-15(10-7-13)27-21(18-11-8-14(25)12-19(18)26)20-22(28)16-4-2-3-5-17(16)23(29)24(20)30/h2-12,21,27-28H,1H3. The predicted molar refractivity (Wildman–Crippen MR) is 119 cm³/mol. The van der Waals surface area contributed by atoms with Gasteiger partial charge >= 0.3 is 0 Å². The Balaban J connectivity index is 1.92. The van der Waals surface area contributed by atoms with Gasteiger partial charge in [0.05, 0.1) is 11.6 Å². The molecule has 3 aromatic rings. The molecule has 1 atom stereocenters. The molecule has 1 unspecified atom stereocenters. The number of nitrogens with one attached hydrogen (secondary N) is 1. The summed E-state index contributed by atoms with van der Waals surface area (Å²) in [5.41, 5.74) is 2.74. The molecule has 0 heterocycles. The van der Waals surface area contributed by atoms with Gasteiger partial charge in [0.25, 0.3) is 0 Å². The van der Waals surface area contributed by atoms with Crippen LogP contribution in [0.1, 0.15) is 33.1 Å². The Hall–Kier alpha value is -3.08. The number of aliphatic hydroxyl groups excluding tert-OH is 1. The topological polar surface area (TPSA) is 66.4 Å². The monoisotopic (exact) mass is 437 g/mol. The lowest BCUT2D eigenvalue weighted by Gasteiger charge is -2.27. The molecule has 30 heavy (non-hydrogen) atoms. The zero-order valence-electron chi connectivity index (χ0n) is 15.9.